The van der Waals surface area contributed by atoms with Crippen LogP contribution in [0.5, 0.6) is 17.2 Å². The van der Waals surface area contributed by atoms with Crippen molar-refractivity contribution in [2.45, 2.75) is 0 Å². The van der Waals surface area contributed by atoms with E-state index in [4.69, 9.17) is 14.2 Å². The molecule has 0 amide bonds. The van der Waals surface area contributed by atoms with Crippen LogP contribution in [-0.2, 0) is 4.79 Å². The fourth-order valence-electron chi connectivity index (χ4n) is 1.81. The Balaban J connectivity index is 2.12. The predicted octanol–water partition coefficient (Wildman–Crippen LogP) is 3.93. The van der Waals surface area contributed by atoms with Gasteiger partial charge in [-0.15, -0.1) is 0 Å². The Bertz CT molecular complexity index is 695. The Kier molecular flexibility index (Phi) is 5.83. The standard InChI is InChI=1S/C17H15IO4/c1-20-14-7-8-16(21-2)12(10-14)6-9-17(19)22-15-5-3-4-13(18)11-15/h3-11H,1-2H3/b9-6+. The topological polar surface area (TPSA) is 44.8 Å². The van der Waals surface area contributed by atoms with Crippen LogP contribution in [0.2, 0.25) is 0 Å². The number of methoxy groups -OCH3 is 2. The Morgan fingerprint density at radius 1 is 1.05 bits per heavy atom. The smallest absolute Gasteiger partial charge is 0.336 e. The van der Waals surface area contributed by atoms with Crippen molar-refractivity contribution >= 4 is 34.6 Å². The summed E-state index contributed by atoms with van der Waals surface area (Å²) in [6.07, 6.45) is 2.99. The number of ether oxygens (including phenoxy) is 3. The molecule has 0 aliphatic rings. The molecule has 2 rings (SSSR count). The molecule has 22 heavy (non-hydrogen) atoms. The first-order chi connectivity index (χ1) is 10.6. The Morgan fingerprint density at radius 2 is 1.86 bits per heavy atom. The van der Waals surface area contributed by atoms with E-state index in [9.17, 15) is 4.79 Å². The van der Waals surface area contributed by atoms with Gasteiger partial charge in [-0.2, -0.15) is 0 Å². The van der Waals surface area contributed by atoms with Gasteiger partial charge in [0.1, 0.15) is 17.2 Å². The highest BCUT2D eigenvalue weighted by Gasteiger charge is 2.04. The number of hydrogen-bond donors (Lipinski definition) is 0. The lowest BCUT2D eigenvalue weighted by atomic mass is 10.1. The van der Waals surface area contributed by atoms with E-state index in [1.54, 1.807) is 50.6 Å². The van der Waals surface area contributed by atoms with Gasteiger partial charge in [0.15, 0.2) is 0 Å². The lowest BCUT2D eigenvalue weighted by Crippen LogP contribution is -2.03. The summed E-state index contributed by atoms with van der Waals surface area (Å²) < 4.78 is 16.7. The molecule has 0 heterocycles. The Morgan fingerprint density at radius 3 is 2.55 bits per heavy atom. The number of esters is 1. The van der Waals surface area contributed by atoms with E-state index in [0.717, 1.165) is 9.13 Å². The molecular weight excluding hydrogens is 395 g/mol. The molecule has 0 aliphatic carbocycles. The summed E-state index contributed by atoms with van der Waals surface area (Å²) in [5.74, 6) is 1.40. The maximum Gasteiger partial charge on any atom is 0.336 e. The highest BCUT2D eigenvalue weighted by Crippen LogP contribution is 2.25. The van der Waals surface area contributed by atoms with Gasteiger partial charge < -0.3 is 14.2 Å². The third-order valence-corrected chi connectivity index (χ3v) is 3.52. The van der Waals surface area contributed by atoms with Crippen LogP contribution in [0.1, 0.15) is 5.56 Å². The van der Waals surface area contributed by atoms with E-state index in [1.807, 2.05) is 12.1 Å². The molecule has 5 heteroatoms. The molecule has 0 saturated heterocycles. The Hall–Kier alpha value is -2.02. The first kappa shape index (κ1) is 16.4. The maximum absolute atomic E-state index is 11.9. The maximum atomic E-state index is 11.9. The molecule has 0 saturated carbocycles. The zero-order valence-corrected chi connectivity index (χ0v) is 14.4. The third-order valence-electron chi connectivity index (χ3n) is 2.85. The largest absolute Gasteiger partial charge is 0.497 e. The zero-order valence-electron chi connectivity index (χ0n) is 12.2. The van der Waals surface area contributed by atoms with Crippen molar-refractivity contribution in [2.75, 3.05) is 14.2 Å². The van der Waals surface area contributed by atoms with Crippen LogP contribution in [0.15, 0.2) is 48.5 Å². The minimum Gasteiger partial charge on any atom is -0.497 e. The summed E-state index contributed by atoms with van der Waals surface area (Å²) in [5.41, 5.74) is 0.737. The molecule has 0 unspecified atom stereocenters. The average Bonchev–Trinajstić information content (AvgIpc) is 2.52. The van der Waals surface area contributed by atoms with Gasteiger partial charge in [-0.1, -0.05) is 6.07 Å². The third kappa shape index (κ3) is 4.49. The summed E-state index contributed by atoms with van der Waals surface area (Å²) in [7, 11) is 3.16. The van der Waals surface area contributed by atoms with Gasteiger partial charge in [0.2, 0.25) is 0 Å². The van der Waals surface area contributed by atoms with Gasteiger partial charge in [0, 0.05) is 15.2 Å². The van der Waals surface area contributed by atoms with Crippen molar-refractivity contribution < 1.29 is 19.0 Å². The molecule has 0 atom stereocenters. The molecule has 0 fully saturated rings. The number of hydrogen-bond acceptors (Lipinski definition) is 4. The number of halogens is 1. The second-order valence-electron chi connectivity index (χ2n) is 4.32. The average molecular weight is 410 g/mol. The molecule has 2 aromatic rings. The summed E-state index contributed by atoms with van der Waals surface area (Å²) in [6, 6.07) is 12.6. The molecule has 114 valence electrons. The quantitative estimate of drug-likeness (QED) is 0.325. The Labute approximate surface area is 142 Å². The zero-order chi connectivity index (χ0) is 15.9. The molecule has 0 spiro atoms. The van der Waals surface area contributed by atoms with Gasteiger partial charge >= 0.3 is 5.97 Å². The first-order valence-electron chi connectivity index (χ1n) is 6.50. The number of carbonyl (C=O) groups is 1. The van der Waals surface area contributed by atoms with E-state index in [-0.39, 0.29) is 0 Å². The van der Waals surface area contributed by atoms with Crippen LogP contribution in [0.25, 0.3) is 6.08 Å². The van der Waals surface area contributed by atoms with Crippen LogP contribution in [0.4, 0.5) is 0 Å². The lowest BCUT2D eigenvalue weighted by Gasteiger charge is -2.07. The van der Waals surface area contributed by atoms with Gasteiger partial charge in [0.25, 0.3) is 0 Å². The summed E-state index contributed by atoms with van der Waals surface area (Å²) in [4.78, 5) is 11.9. The number of carbonyl (C=O) groups excluding carboxylic acids is 1. The molecule has 4 nitrogen and oxygen atoms in total. The van der Waals surface area contributed by atoms with Gasteiger partial charge in [-0.25, -0.2) is 4.79 Å². The van der Waals surface area contributed by atoms with Gasteiger partial charge in [-0.3, -0.25) is 0 Å². The summed E-state index contributed by atoms with van der Waals surface area (Å²) in [6.45, 7) is 0. The highest BCUT2D eigenvalue weighted by molar-refractivity contribution is 14.1. The fourth-order valence-corrected chi connectivity index (χ4v) is 2.32. The summed E-state index contributed by atoms with van der Waals surface area (Å²) in [5, 5.41) is 0. The summed E-state index contributed by atoms with van der Waals surface area (Å²) >= 11 is 2.16. The molecular formula is C17H15IO4. The number of rotatable bonds is 5. The second-order valence-corrected chi connectivity index (χ2v) is 5.57. The minimum absolute atomic E-state index is 0.452. The fraction of sp³-hybridized carbons (Fsp3) is 0.118. The monoisotopic (exact) mass is 410 g/mol. The van der Waals surface area contributed by atoms with Crippen LogP contribution in [0, 0.1) is 3.57 Å². The van der Waals surface area contributed by atoms with Crippen molar-refractivity contribution in [1.29, 1.82) is 0 Å². The van der Waals surface area contributed by atoms with E-state index >= 15 is 0 Å². The van der Waals surface area contributed by atoms with Crippen LogP contribution in [0.3, 0.4) is 0 Å². The predicted molar refractivity (Wildman–Crippen MR) is 93.4 cm³/mol. The molecule has 0 N–H and O–H groups in total. The second kappa shape index (κ2) is 7.84. The van der Waals surface area contributed by atoms with Crippen molar-refractivity contribution in [2.24, 2.45) is 0 Å². The number of benzene rings is 2. The van der Waals surface area contributed by atoms with Crippen molar-refractivity contribution in [3.05, 3.63) is 57.7 Å². The molecule has 0 aromatic heterocycles. The van der Waals surface area contributed by atoms with Crippen molar-refractivity contribution in [1.82, 2.24) is 0 Å². The molecule has 0 aliphatic heterocycles. The van der Waals surface area contributed by atoms with Crippen LogP contribution in [-0.4, -0.2) is 20.2 Å². The van der Waals surface area contributed by atoms with E-state index in [0.29, 0.717) is 17.2 Å². The van der Waals surface area contributed by atoms with Crippen LogP contribution < -0.4 is 14.2 Å². The van der Waals surface area contributed by atoms with Crippen molar-refractivity contribution in [3.63, 3.8) is 0 Å². The molecule has 0 radical (unpaired) electrons. The van der Waals surface area contributed by atoms with Crippen LogP contribution >= 0.6 is 22.6 Å². The van der Waals surface area contributed by atoms with Gasteiger partial charge in [-0.05, 0) is 65.1 Å². The lowest BCUT2D eigenvalue weighted by molar-refractivity contribution is -0.128. The highest BCUT2D eigenvalue weighted by atomic mass is 127. The van der Waals surface area contributed by atoms with E-state index < -0.39 is 5.97 Å². The normalized spacial score (nSPS) is 10.5. The molecule has 0 bridgehead atoms. The SMILES string of the molecule is COc1ccc(OC)c(/C=C/C(=O)Oc2cccc(I)c2)c1. The van der Waals surface area contributed by atoms with E-state index in [1.165, 1.54) is 6.08 Å². The molecule has 2 aromatic carbocycles. The first-order valence-corrected chi connectivity index (χ1v) is 7.57. The van der Waals surface area contributed by atoms with E-state index in [2.05, 4.69) is 22.6 Å². The minimum atomic E-state index is -0.452. The van der Waals surface area contributed by atoms with Crippen molar-refractivity contribution in [3.8, 4) is 17.2 Å². The van der Waals surface area contributed by atoms with Gasteiger partial charge in [0.05, 0.1) is 14.2 Å².